The average molecular weight is 214 g/mol. The number of hydrogen-bond acceptors (Lipinski definition) is 3. The number of carbonyl (C=O) groups excluding carboxylic acids is 1. The Morgan fingerprint density at radius 3 is 2.60 bits per heavy atom. The molecule has 1 rings (SSSR count). The van der Waals surface area contributed by atoms with Crippen LogP contribution in [0.3, 0.4) is 0 Å². The van der Waals surface area contributed by atoms with Crippen LogP contribution >= 0.6 is 0 Å². The van der Waals surface area contributed by atoms with E-state index in [0.717, 1.165) is 12.8 Å². The molecule has 0 radical (unpaired) electrons. The van der Waals surface area contributed by atoms with E-state index < -0.39 is 0 Å². The Bertz CT molecular complexity index is 185. The van der Waals surface area contributed by atoms with Gasteiger partial charge < -0.3 is 9.84 Å². The van der Waals surface area contributed by atoms with E-state index in [9.17, 15) is 9.90 Å². The molecule has 1 aliphatic carbocycles. The van der Waals surface area contributed by atoms with E-state index >= 15 is 0 Å². The van der Waals surface area contributed by atoms with Crippen LogP contribution in [0, 0.1) is 11.8 Å². The van der Waals surface area contributed by atoms with Crippen LogP contribution in [-0.2, 0) is 9.53 Å². The molecule has 3 heteroatoms. The van der Waals surface area contributed by atoms with Gasteiger partial charge in [-0.05, 0) is 18.8 Å². The number of esters is 1. The third-order valence-corrected chi connectivity index (χ3v) is 3.29. The third-order valence-electron chi connectivity index (χ3n) is 3.29. The van der Waals surface area contributed by atoms with Crippen molar-refractivity contribution in [2.45, 2.75) is 45.4 Å². The smallest absolute Gasteiger partial charge is 0.306 e. The summed E-state index contributed by atoms with van der Waals surface area (Å²) in [7, 11) is 0. The molecule has 0 aliphatic heterocycles. The molecule has 1 N–H and O–H groups in total. The zero-order valence-corrected chi connectivity index (χ0v) is 9.58. The summed E-state index contributed by atoms with van der Waals surface area (Å²) in [5, 5.41) is 9.29. The lowest BCUT2D eigenvalue weighted by Crippen LogP contribution is -2.24. The van der Waals surface area contributed by atoms with Crippen LogP contribution in [0.5, 0.6) is 0 Å². The minimum Gasteiger partial charge on any atom is -0.466 e. The predicted octanol–water partition coefficient (Wildman–Crippen LogP) is 2.13. The molecule has 1 unspecified atom stereocenters. The molecular formula is C12H22O3. The summed E-state index contributed by atoms with van der Waals surface area (Å²) in [6.07, 6.45) is 6.48. The molecule has 0 amide bonds. The van der Waals surface area contributed by atoms with E-state index in [-0.39, 0.29) is 18.5 Å². The summed E-state index contributed by atoms with van der Waals surface area (Å²) in [6.45, 7) is 2.36. The normalized spacial score (nSPS) is 19.9. The van der Waals surface area contributed by atoms with Gasteiger partial charge in [0.15, 0.2) is 0 Å². The minimum absolute atomic E-state index is 0.115. The highest BCUT2D eigenvalue weighted by Gasteiger charge is 2.25. The number of carbonyl (C=O) groups is 1. The fraction of sp³-hybridized carbons (Fsp3) is 0.917. The Morgan fingerprint density at radius 2 is 2.07 bits per heavy atom. The van der Waals surface area contributed by atoms with E-state index in [2.05, 4.69) is 0 Å². The lowest BCUT2D eigenvalue weighted by atomic mass is 9.79. The Kier molecular flexibility index (Phi) is 5.69. The van der Waals surface area contributed by atoms with Gasteiger partial charge in [0.05, 0.1) is 13.0 Å². The van der Waals surface area contributed by atoms with Gasteiger partial charge in [0.1, 0.15) is 0 Å². The van der Waals surface area contributed by atoms with Crippen LogP contribution in [-0.4, -0.2) is 24.3 Å². The molecule has 3 nitrogen and oxygen atoms in total. The van der Waals surface area contributed by atoms with E-state index in [1.165, 1.54) is 19.3 Å². The lowest BCUT2D eigenvalue weighted by molar-refractivity contribution is -0.145. The monoisotopic (exact) mass is 214 g/mol. The zero-order chi connectivity index (χ0) is 11.1. The van der Waals surface area contributed by atoms with Crippen molar-refractivity contribution >= 4 is 5.97 Å². The first-order chi connectivity index (χ1) is 7.27. The number of rotatable bonds is 5. The first-order valence-electron chi connectivity index (χ1n) is 6.04. The Hall–Kier alpha value is -0.570. The molecule has 0 heterocycles. The molecule has 0 aromatic carbocycles. The van der Waals surface area contributed by atoms with Gasteiger partial charge in [-0.25, -0.2) is 0 Å². The number of aliphatic hydroxyl groups excluding tert-OH is 1. The largest absolute Gasteiger partial charge is 0.466 e. The van der Waals surface area contributed by atoms with Crippen molar-refractivity contribution in [2.75, 3.05) is 13.2 Å². The number of hydrogen-bond donors (Lipinski definition) is 1. The summed E-state index contributed by atoms with van der Waals surface area (Å²) in [6, 6.07) is 0. The molecule has 1 saturated carbocycles. The van der Waals surface area contributed by atoms with Crippen molar-refractivity contribution in [2.24, 2.45) is 11.8 Å². The van der Waals surface area contributed by atoms with Gasteiger partial charge in [-0.15, -0.1) is 0 Å². The highest BCUT2D eigenvalue weighted by atomic mass is 16.5. The Morgan fingerprint density at radius 1 is 1.40 bits per heavy atom. The van der Waals surface area contributed by atoms with Crippen molar-refractivity contribution in [3.05, 3.63) is 0 Å². The van der Waals surface area contributed by atoms with Crippen molar-refractivity contribution < 1.29 is 14.6 Å². The maximum Gasteiger partial charge on any atom is 0.306 e. The summed E-state index contributed by atoms with van der Waals surface area (Å²) < 4.78 is 4.91. The predicted molar refractivity (Wildman–Crippen MR) is 58.4 cm³/mol. The third kappa shape index (κ3) is 4.20. The van der Waals surface area contributed by atoms with E-state index in [1.54, 1.807) is 0 Å². The first-order valence-corrected chi connectivity index (χ1v) is 6.04. The second kappa shape index (κ2) is 6.83. The summed E-state index contributed by atoms with van der Waals surface area (Å²) >= 11 is 0. The van der Waals surface area contributed by atoms with Crippen molar-refractivity contribution in [3.8, 4) is 0 Å². The molecule has 0 bridgehead atoms. The van der Waals surface area contributed by atoms with Crippen molar-refractivity contribution in [1.29, 1.82) is 0 Å². The Labute approximate surface area is 91.8 Å². The van der Waals surface area contributed by atoms with Crippen LogP contribution in [0.2, 0.25) is 0 Å². The molecule has 1 fully saturated rings. The minimum atomic E-state index is -0.165. The van der Waals surface area contributed by atoms with Gasteiger partial charge in [0.2, 0.25) is 0 Å². The molecule has 1 aliphatic rings. The number of ether oxygens (including phenoxy) is 1. The van der Waals surface area contributed by atoms with Crippen LogP contribution in [0.25, 0.3) is 0 Å². The summed E-state index contributed by atoms with van der Waals surface area (Å²) in [4.78, 5) is 11.3. The fourth-order valence-electron chi connectivity index (χ4n) is 2.42. The van der Waals surface area contributed by atoms with E-state index in [4.69, 9.17) is 4.74 Å². The standard InChI is InChI=1S/C12H22O3/c1-2-15-12(14)8-11(9-13)10-6-4-3-5-7-10/h10-11,13H,2-9H2,1H3. The molecule has 1 atom stereocenters. The Balaban J connectivity index is 2.36. The van der Waals surface area contributed by atoms with Crippen molar-refractivity contribution in [3.63, 3.8) is 0 Å². The van der Waals surface area contributed by atoms with Gasteiger partial charge in [-0.3, -0.25) is 4.79 Å². The second-order valence-corrected chi connectivity index (χ2v) is 4.35. The zero-order valence-electron chi connectivity index (χ0n) is 9.58. The molecular weight excluding hydrogens is 192 g/mol. The van der Waals surface area contributed by atoms with Gasteiger partial charge in [0, 0.05) is 6.61 Å². The van der Waals surface area contributed by atoms with Crippen LogP contribution in [0.1, 0.15) is 45.4 Å². The molecule has 0 aromatic rings. The fourth-order valence-corrected chi connectivity index (χ4v) is 2.42. The van der Waals surface area contributed by atoms with Crippen molar-refractivity contribution in [1.82, 2.24) is 0 Å². The first kappa shape index (κ1) is 12.5. The SMILES string of the molecule is CCOC(=O)CC(CO)C1CCCCC1. The topological polar surface area (TPSA) is 46.5 Å². The quantitative estimate of drug-likeness (QED) is 0.713. The molecule has 0 spiro atoms. The average Bonchev–Trinajstić information content (AvgIpc) is 2.27. The maximum absolute atomic E-state index is 11.3. The second-order valence-electron chi connectivity index (χ2n) is 4.35. The molecule has 0 saturated heterocycles. The number of aliphatic hydroxyl groups is 1. The highest BCUT2D eigenvalue weighted by Crippen LogP contribution is 2.31. The molecule has 0 aromatic heterocycles. The summed E-state index contributed by atoms with van der Waals surface area (Å²) in [5.41, 5.74) is 0. The molecule has 88 valence electrons. The van der Waals surface area contributed by atoms with Crippen LogP contribution in [0.4, 0.5) is 0 Å². The van der Waals surface area contributed by atoms with Gasteiger partial charge in [-0.2, -0.15) is 0 Å². The van der Waals surface area contributed by atoms with Crippen LogP contribution in [0.15, 0.2) is 0 Å². The van der Waals surface area contributed by atoms with Gasteiger partial charge >= 0.3 is 5.97 Å². The van der Waals surface area contributed by atoms with Gasteiger partial charge in [-0.1, -0.05) is 32.1 Å². The van der Waals surface area contributed by atoms with E-state index in [1.807, 2.05) is 6.92 Å². The molecule has 15 heavy (non-hydrogen) atoms. The van der Waals surface area contributed by atoms with Crippen LogP contribution < -0.4 is 0 Å². The van der Waals surface area contributed by atoms with Gasteiger partial charge in [0.25, 0.3) is 0 Å². The lowest BCUT2D eigenvalue weighted by Gasteiger charge is -2.28. The highest BCUT2D eigenvalue weighted by molar-refractivity contribution is 5.69. The maximum atomic E-state index is 11.3. The van der Waals surface area contributed by atoms with E-state index in [0.29, 0.717) is 18.9 Å². The summed E-state index contributed by atoms with van der Waals surface area (Å²) in [5.74, 6) is 0.472.